The second kappa shape index (κ2) is 5.76. The van der Waals surface area contributed by atoms with E-state index < -0.39 is 57.7 Å². The van der Waals surface area contributed by atoms with Gasteiger partial charge in [0, 0.05) is 0 Å². The molecule has 2 aliphatic heterocycles. The minimum absolute atomic E-state index is 0.0759. The second-order valence-electron chi connectivity index (χ2n) is 5.72. The Hall–Kier alpha value is -3.49. The highest BCUT2D eigenvalue weighted by molar-refractivity contribution is 6.30. The highest BCUT2D eigenvalue weighted by Gasteiger charge is 2.43. The van der Waals surface area contributed by atoms with Gasteiger partial charge in [0.2, 0.25) is 5.82 Å². The summed E-state index contributed by atoms with van der Waals surface area (Å²) < 4.78 is 68.6. The maximum absolute atomic E-state index is 14.1. The molecule has 2 aromatic carbocycles. The van der Waals surface area contributed by atoms with Crippen LogP contribution in [0.15, 0.2) is 41.5 Å². The fraction of sp³-hybridized carbons (Fsp3) is 0. The molecule has 9 heteroatoms. The van der Waals surface area contributed by atoms with E-state index in [-0.39, 0.29) is 11.3 Å². The van der Waals surface area contributed by atoms with Crippen LogP contribution in [-0.2, 0) is 9.59 Å². The lowest BCUT2D eigenvalue weighted by atomic mass is 10.0. The third-order valence-corrected chi connectivity index (χ3v) is 4.20. The molecule has 0 saturated carbocycles. The first-order chi connectivity index (χ1) is 12.8. The largest absolute Gasteiger partial charge is 0.321 e. The maximum atomic E-state index is 14.1. The van der Waals surface area contributed by atoms with Crippen LogP contribution in [0.3, 0.4) is 0 Å². The van der Waals surface area contributed by atoms with Gasteiger partial charge in [0.25, 0.3) is 11.8 Å². The number of carbonyl (C=O) groups excluding carboxylic acids is 2. The van der Waals surface area contributed by atoms with Gasteiger partial charge >= 0.3 is 0 Å². The summed E-state index contributed by atoms with van der Waals surface area (Å²) in [5.41, 5.74) is -2.34. The van der Waals surface area contributed by atoms with E-state index in [2.05, 4.69) is 5.32 Å². The molecule has 2 amide bonds. The molecule has 4 rings (SSSR count). The van der Waals surface area contributed by atoms with Gasteiger partial charge < -0.3 is 10.6 Å². The molecule has 2 aliphatic rings. The van der Waals surface area contributed by atoms with E-state index in [9.17, 15) is 31.5 Å². The van der Waals surface area contributed by atoms with Gasteiger partial charge in [0.05, 0.1) is 28.1 Å². The fourth-order valence-corrected chi connectivity index (χ4v) is 3.01. The zero-order valence-electron chi connectivity index (χ0n) is 13.1. The molecule has 2 N–H and O–H groups in total. The number of amides is 2. The van der Waals surface area contributed by atoms with Gasteiger partial charge in [0.15, 0.2) is 23.3 Å². The van der Waals surface area contributed by atoms with E-state index in [4.69, 9.17) is 0 Å². The van der Waals surface area contributed by atoms with Crippen molar-refractivity contribution in [3.05, 3.63) is 81.7 Å². The van der Waals surface area contributed by atoms with E-state index in [0.717, 1.165) is 0 Å². The number of halogens is 5. The number of fused-ring (bicyclic) bond motifs is 1. The Kier molecular flexibility index (Phi) is 3.62. The Morgan fingerprint density at radius 2 is 1.04 bits per heavy atom. The Bertz CT molecular complexity index is 1080. The molecule has 0 radical (unpaired) electrons. The van der Waals surface area contributed by atoms with Crippen LogP contribution >= 0.6 is 0 Å². The first-order valence-electron chi connectivity index (χ1n) is 7.51. The normalized spacial score (nSPS) is 16.0. The summed E-state index contributed by atoms with van der Waals surface area (Å²) in [4.78, 5) is 24.6. The van der Waals surface area contributed by atoms with Gasteiger partial charge in [-0.1, -0.05) is 30.3 Å². The quantitative estimate of drug-likeness (QED) is 0.480. The van der Waals surface area contributed by atoms with Crippen LogP contribution in [0.2, 0.25) is 0 Å². The summed E-state index contributed by atoms with van der Waals surface area (Å²) in [6.45, 7) is 0. The van der Waals surface area contributed by atoms with Crippen molar-refractivity contribution in [2.75, 3.05) is 0 Å². The molecule has 0 saturated heterocycles. The maximum Gasteiger partial charge on any atom is 0.258 e. The van der Waals surface area contributed by atoms with E-state index in [1.165, 1.54) is 0 Å². The molecule has 2 aromatic rings. The van der Waals surface area contributed by atoms with Crippen molar-refractivity contribution in [1.82, 2.24) is 10.6 Å². The number of nitrogens with one attached hydrogen (secondary N) is 2. The monoisotopic (exact) mass is 378 g/mol. The summed E-state index contributed by atoms with van der Waals surface area (Å²) in [5, 5.41) is 4.44. The molecule has 136 valence electrons. The molecule has 2 heterocycles. The van der Waals surface area contributed by atoms with Crippen LogP contribution in [0.4, 0.5) is 22.0 Å². The number of rotatable bonds is 2. The topological polar surface area (TPSA) is 58.2 Å². The molecule has 0 atom stereocenters. The zero-order valence-corrected chi connectivity index (χ0v) is 13.1. The van der Waals surface area contributed by atoms with Crippen LogP contribution in [0, 0.1) is 29.1 Å². The highest BCUT2D eigenvalue weighted by Crippen LogP contribution is 2.39. The van der Waals surface area contributed by atoms with Gasteiger partial charge in [-0.15, -0.1) is 0 Å². The molecular formula is C18H7F5N2O2. The standard InChI is InChI=1S/C18H7F5N2O2/c19-10-9(11(20)13(22)14(23)12(10)21)16-8-7(17(26)25-16)15(24-18(8)27)6-4-2-1-3-5-6/h1-5H,(H,24,27)(H,25,26). The van der Waals surface area contributed by atoms with Crippen molar-refractivity contribution < 1.29 is 31.5 Å². The predicted molar refractivity (Wildman–Crippen MR) is 82.8 cm³/mol. The molecule has 0 aliphatic carbocycles. The average molecular weight is 378 g/mol. The van der Waals surface area contributed by atoms with Crippen molar-refractivity contribution in [3.63, 3.8) is 0 Å². The zero-order chi connectivity index (χ0) is 19.5. The van der Waals surface area contributed by atoms with Crippen molar-refractivity contribution in [3.8, 4) is 0 Å². The molecule has 0 spiro atoms. The summed E-state index contributed by atoms with van der Waals surface area (Å²) >= 11 is 0. The third kappa shape index (κ3) is 2.28. The van der Waals surface area contributed by atoms with Crippen molar-refractivity contribution in [1.29, 1.82) is 0 Å². The Labute approximate surface area is 148 Å². The van der Waals surface area contributed by atoms with E-state index >= 15 is 0 Å². The Balaban J connectivity index is 2.01. The summed E-state index contributed by atoms with van der Waals surface area (Å²) in [6.07, 6.45) is 0. The second-order valence-corrected chi connectivity index (χ2v) is 5.72. The molecule has 0 bridgehead atoms. The van der Waals surface area contributed by atoms with Crippen molar-refractivity contribution >= 4 is 23.2 Å². The number of benzene rings is 2. The van der Waals surface area contributed by atoms with Gasteiger partial charge in [-0.25, -0.2) is 22.0 Å². The lowest BCUT2D eigenvalue weighted by Crippen LogP contribution is -2.23. The van der Waals surface area contributed by atoms with Crippen LogP contribution in [0.25, 0.3) is 11.4 Å². The molecule has 0 fully saturated rings. The van der Waals surface area contributed by atoms with Gasteiger partial charge in [0.1, 0.15) is 0 Å². The van der Waals surface area contributed by atoms with E-state index in [1.54, 1.807) is 30.3 Å². The Morgan fingerprint density at radius 1 is 0.593 bits per heavy atom. The summed E-state index contributed by atoms with van der Waals surface area (Å²) in [6, 6.07) is 8.12. The predicted octanol–water partition coefficient (Wildman–Crippen LogP) is 2.76. The highest BCUT2D eigenvalue weighted by atomic mass is 19.2. The van der Waals surface area contributed by atoms with Crippen LogP contribution < -0.4 is 10.6 Å². The first kappa shape index (κ1) is 17.0. The lowest BCUT2D eigenvalue weighted by Gasteiger charge is -2.10. The van der Waals surface area contributed by atoms with E-state index in [1.807, 2.05) is 5.32 Å². The summed E-state index contributed by atoms with van der Waals surface area (Å²) in [5.74, 6) is -12.8. The molecular weight excluding hydrogens is 371 g/mol. The minimum Gasteiger partial charge on any atom is -0.321 e. The van der Waals surface area contributed by atoms with Crippen LogP contribution in [0.1, 0.15) is 11.1 Å². The number of hydrogen-bond acceptors (Lipinski definition) is 2. The van der Waals surface area contributed by atoms with Crippen LogP contribution in [0.5, 0.6) is 0 Å². The fourth-order valence-electron chi connectivity index (χ4n) is 3.01. The van der Waals surface area contributed by atoms with Crippen molar-refractivity contribution in [2.45, 2.75) is 0 Å². The van der Waals surface area contributed by atoms with Crippen molar-refractivity contribution in [2.24, 2.45) is 0 Å². The first-order valence-corrected chi connectivity index (χ1v) is 7.51. The molecule has 4 nitrogen and oxygen atoms in total. The SMILES string of the molecule is O=C1NC(c2c(F)c(F)c(F)c(F)c2F)=C2C(=O)NC(c3ccccc3)=C12. The van der Waals surface area contributed by atoms with Gasteiger partial charge in [-0.05, 0) is 5.56 Å². The number of hydrogen-bond donors (Lipinski definition) is 2. The third-order valence-electron chi connectivity index (χ3n) is 4.20. The summed E-state index contributed by atoms with van der Waals surface area (Å²) in [7, 11) is 0. The lowest BCUT2D eigenvalue weighted by molar-refractivity contribution is -0.117. The smallest absolute Gasteiger partial charge is 0.258 e. The van der Waals surface area contributed by atoms with Crippen LogP contribution in [-0.4, -0.2) is 11.8 Å². The average Bonchev–Trinajstić information content (AvgIpc) is 3.18. The van der Waals surface area contributed by atoms with Gasteiger partial charge in [-0.2, -0.15) is 0 Å². The molecule has 27 heavy (non-hydrogen) atoms. The molecule has 0 aromatic heterocycles. The number of carbonyl (C=O) groups is 2. The Morgan fingerprint density at radius 3 is 1.59 bits per heavy atom. The van der Waals surface area contributed by atoms with E-state index in [0.29, 0.717) is 5.56 Å². The molecule has 0 unspecified atom stereocenters. The minimum atomic E-state index is -2.33. The van der Waals surface area contributed by atoms with Gasteiger partial charge in [-0.3, -0.25) is 9.59 Å².